The molecule has 2 heterocycles. The predicted molar refractivity (Wildman–Crippen MR) is 48.0 cm³/mol. The zero-order valence-electron chi connectivity index (χ0n) is 7.29. The van der Waals surface area contributed by atoms with E-state index in [9.17, 15) is 0 Å². The fourth-order valence-corrected chi connectivity index (χ4v) is 1.87. The third kappa shape index (κ3) is 1.29. The minimum Gasteiger partial charge on any atom is -0.310 e. The van der Waals surface area contributed by atoms with Crippen LogP contribution in [0, 0.1) is 0 Å². The van der Waals surface area contributed by atoms with Gasteiger partial charge >= 0.3 is 0 Å². The molecule has 0 aliphatic carbocycles. The minimum absolute atomic E-state index is 0.0509. The fraction of sp³-hybridized carbons (Fsp3) is 0.778. The number of rotatable bonds is 4. The lowest BCUT2D eigenvalue weighted by Crippen LogP contribution is -2.37. The summed E-state index contributed by atoms with van der Waals surface area (Å²) >= 11 is 0. The molecule has 1 unspecified atom stereocenters. The molecule has 0 aromatic carbocycles. The van der Waals surface area contributed by atoms with Crippen molar-refractivity contribution in [3.8, 4) is 0 Å². The SMILES string of the molecule is C=CCCC1(C2CCCN2)N=N1. The third-order valence-corrected chi connectivity index (χ3v) is 2.69. The Morgan fingerprint density at radius 1 is 1.58 bits per heavy atom. The molecule has 1 atom stereocenters. The first-order valence-electron chi connectivity index (χ1n) is 4.66. The fourth-order valence-electron chi connectivity index (χ4n) is 1.87. The smallest absolute Gasteiger partial charge is 0.206 e. The van der Waals surface area contributed by atoms with Crippen molar-refractivity contribution in [1.29, 1.82) is 0 Å². The topological polar surface area (TPSA) is 36.8 Å². The molecule has 1 saturated heterocycles. The molecule has 3 heteroatoms. The Kier molecular flexibility index (Phi) is 1.97. The van der Waals surface area contributed by atoms with E-state index >= 15 is 0 Å². The van der Waals surface area contributed by atoms with Crippen LogP contribution in [0.15, 0.2) is 22.9 Å². The molecule has 3 nitrogen and oxygen atoms in total. The van der Waals surface area contributed by atoms with Crippen LogP contribution in [-0.2, 0) is 0 Å². The highest BCUT2D eigenvalue weighted by molar-refractivity contribution is 5.05. The molecule has 0 saturated carbocycles. The molecule has 0 amide bonds. The van der Waals surface area contributed by atoms with Crippen LogP contribution in [0.25, 0.3) is 0 Å². The normalized spacial score (nSPS) is 30.5. The highest BCUT2D eigenvalue weighted by Gasteiger charge is 2.47. The van der Waals surface area contributed by atoms with Gasteiger partial charge in [-0.2, -0.15) is 10.2 Å². The van der Waals surface area contributed by atoms with Crippen LogP contribution in [0.3, 0.4) is 0 Å². The van der Waals surface area contributed by atoms with Gasteiger partial charge in [0.1, 0.15) is 0 Å². The van der Waals surface area contributed by atoms with Crippen LogP contribution in [-0.4, -0.2) is 18.2 Å². The van der Waals surface area contributed by atoms with Crippen molar-refractivity contribution in [2.45, 2.75) is 37.4 Å². The van der Waals surface area contributed by atoms with Crippen LogP contribution >= 0.6 is 0 Å². The molecule has 0 aromatic heterocycles. The van der Waals surface area contributed by atoms with Crippen molar-refractivity contribution in [3.05, 3.63) is 12.7 Å². The van der Waals surface area contributed by atoms with Crippen LogP contribution in [0.1, 0.15) is 25.7 Å². The summed E-state index contributed by atoms with van der Waals surface area (Å²) in [6.07, 6.45) is 6.50. The Balaban J connectivity index is 1.87. The van der Waals surface area contributed by atoms with E-state index in [1.54, 1.807) is 0 Å². The molecule has 1 N–H and O–H groups in total. The Morgan fingerprint density at radius 2 is 2.42 bits per heavy atom. The summed E-state index contributed by atoms with van der Waals surface area (Å²) < 4.78 is 0. The van der Waals surface area contributed by atoms with E-state index in [0.717, 1.165) is 19.4 Å². The van der Waals surface area contributed by atoms with Crippen molar-refractivity contribution in [2.75, 3.05) is 6.54 Å². The van der Waals surface area contributed by atoms with Gasteiger partial charge in [-0.3, -0.25) is 0 Å². The summed E-state index contributed by atoms with van der Waals surface area (Å²) in [6.45, 7) is 4.84. The highest BCUT2D eigenvalue weighted by Crippen LogP contribution is 2.39. The molecule has 2 rings (SSSR count). The highest BCUT2D eigenvalue weighted by atomic mass is 15.5. The predicted octanol–water partition coefficient (Wildman–Crippen LogP) is 1.87. The third-order valence-electron chi connectivity index (χ3n) is 2.69. The summed E-state index contributed by atoms with van der Waals surface area (Å²) in [5.74, 6) is 0. The lowest BCUT2D eigenvalue weighted by Gasteiger charge is -2.16. The molecule has 12 heavy (non-hydrogen) atoms. The van der Waals surface area contributed by atoms with Crippen molar-refractivity contribution in [3.63, 3.8) is 0 Å². The van der Waals surface area contributed by atoms with Gasteiger partial charge in [-0.15, -0.1) is 6.58 Å². The molecule has 0 aromatic rings. The van der Waals surface area contributed by atoms with E-state index < -0.39 is 0 Å². The van der Waals surface area contributed by atoms with Crippen molar-refractivity contribution in [1.82, 2.24) is 5.32 Å². The second kappa shape index (κ2) is 2.98. The van der Waals surface area contributed by atoms with Gasteiger partial charge in [0.05, 0.1) is 6.04 Å². The van der Waals surface area contributed by atoms with Crippen LogP contribution in [0.2, 0.25) is 0 Å². The van der Waals surface area contributed by atoms with Gasteiger partial charge in [-0.1, -0.05) is 6.08 Å². The van der Waals surface area contributed by atoms with E-state index in [1.807, 2.05) is 6.08 Å². The van der Waals surface area contributed by atoms with Gasteiger partial charge in [0, 0.05) is 6.42 Å². The summed E-state index contributed by atoms with van der Waals surface area (Å²) in [5.41, 5.74) is -0.0509. The average Bonchev–Trinajstić information content (AvgIpc) is 2.66. The molecule has 0 bridgehead atoms. The lowest BCUT2D eigenvalue weighted by molar-refractivity contribution is 0.410. The van der Waals surface area contributed by atoms with Crippen LogP contribution in [0.5, 0.6) is 0 Å². The Bertz CT molecular complexity index is 198. The van der Waals surface area contributed by atoms with E-state index in [1.165, 1.54) is 12.8 Å². The van der Waals surface area contributed by atoms with Gasteiger partial charge in [0.2, 0.25) is 5.66 Å². The molecule has 2 aliphatic rings. The second-order valence-corrected chi connectivity index (χ2v) is 3.55. The maximum atomic E-state index is 4.17. The van der Waals surface area contributed by atoms with Crippen molar-refractivity contribution < 1.29 is 0 Å². The maximum absolute atomic E-state index is 4.17. The number of hydrogen-bond donors (Lipinski definition) is 1. The van der Waals surface area contributed by atoms with Crippen LogP contribution in [0.4, 0.5) is 0 Å². The molecule has 0 spiro atoms. The van der Waals surface area contributed by atoms with E-state index in [2.05, 4.69) is 22.1 Å². The maximum Gasteiger partial charge on any atom is 0.206 e. The number of nitrogens with zero attached hydrogens (tertiary/aromatic N) is 2. The molecular weight excluding hydrogens is 150 g/mol. The summed E-state index contributed by atoms with van der Waals surface area (Å²) in [5, 5.41) is 11.8. The summed E-state index contributed by atoms with van der Waals surface area (Å²) in [4.78, 5) is 0. The summed E-state index contributed by atoms with van der Waals surface area (Å²) in [6, 6.07) is 0.512. The Labute approximate surface area is 73.0 Å². The molecule has 2 aliphatic heterocycles. The monoisotopic (exact) mass is 165 g/mol. The standard InChI is InChI=1S/C9H15N3/c1-2-3-6-9(11-12-9)8-5-4-7-10-8/h2,8,10H,1,3-7H2. The zero-order chi connectivity index (χ0) is 8.44. The molecular formula is C9H15N3. The number of allylic oxidation sites excluding steroid dienone is 1. The van der Waals surface area contributed by atoms with Gasteiger partial charge in [-0.05, 0) is 25.8 Å². The van der Waals surface area contributed by atoms with Crippen LogP contribution < -0.4 is 5.32 Å². The number of nitrogens with one attached hydrogen (secondary N) is 1. The quantitative estimate of drug-likeness (QED) is 0.634. The zero-order valence-corrected chi connectivity index (χ0v) is 7.29. The van der Waals surface area contributed by atoms with E-state index in [0.29, 0.717) is 6.04 Å². The first-order valence-corrected chi connectivity index (χ1v) is 4.66. The van der Waals surface area contributed by atoms with Crippen molar-refractivity contribution in [2.24, 2.45) is 10.2 Å². The lowest BCUT2D eigenvalue weighted by atomic mass is 9.98. The Morgan fingerprint density at radius 3 is 2.92 bits per heavy atom. The van der Waals surface area contributed by atoms with E-state index in [-0.39, 0.29) is 5.66 Å². The first-order chi connectivity index (χ1) is 5.87. The first kappa shape index (κ1) is 7.92. The molecule has 66 valence electrons. The average molecular weight is 165 g/mol. The number of hydrogen-bond acceptors (Lipinski definition) is 3. The largest absolute Gasteiger partial charge is 0.310 e. The van der Waals surface area contributed by atoms with Crippen molar-refractivity contribution >= 4 is 0 Å². The van der Waals surface area contributed by atoms with E-state index in [4.69, 9.17) is 0 Å². The van der Waals surface area contributed by atoms with Gasteiger partial charge in [0.15, 0.2) is 0 Å². The van der Waals surface area contributed by atoms with Gasteiger partial charge < -0.3 is 5.32 Å². The Hall–Kier alpha value is -0.700. The summed E-state index contributed by atoms with van der Waals surface area (Å²) in [7, 11) is 0. The second-order valence-electron chi connectivity index (χ2n) is 3.55. The van der Waals surface area contributed by atoms with Gasteiger partial charge in [-0.25, -0.2) is 0 Å². The molecule has 1 fully saturated rings. The minimum atomic E-state index is -0.0509. The van der Waals surface area contributed by atoms with Gasteiger partial charge in [0.25, 0.3) is 0 Å². The molecule has 0 radical (unpaired) electrons.